The summed E-state index contributed by atoms with van der Waals surface area (Å²) < 4.78 is 64.5. The van der Waals surface area contributed by atoms with Crippen LogP contribution in [0.3, 0.4) is 0 Å². The molecular formula is C11H7F5O2. The number of halogens is 5. The van der Waals surface area contributed by atoms with Gasteiger partial charge in [0.15, 0.2) is 0 Å². The molecule has 0 fully saturated rings. The van der Waals surface area contributed by atoms with Crippen LogP contribution in [0, 0.1) is 0 Å². The topological polar surface area (TPSA) is 26.3 Å². The largest absolute Gasteiger partial charge is 0.455 e. The van der Waals surface area contributed by atoms with Crippen molar-refractivity contribution >= 4 is 5.97 Å². The molecule has 0 atom stereocenters. The van der Waals surface area contributed by atoms with Gasteiger partial charge >= 0.3 is 12.1 Å². The van der Waals surface area contributed by atoms with Crippen LogP contribution in [-0.2, 0) is 16.1 Å². The van der Waals surface area contributed by atoms with Crippen LogP contribution in [0.5, 0.6) is 0 Å². The minimum absolute atomic E-state index is 0.436. The Bertz CT molecular complexity index is 450. The van der Waals surface area contributed by atoms with Crippen LogP contribution in [0.4, 0.5) is 22.0 Å². The molecule has 1 aromatic carbocycles. The van der Waals surface area contributed by atoms with Crippen LogP contribution in [0.1, 0.15) is 5.56 Å². The van der Waals surface area contributed by atoms with Crippen molar-refractivity contribution in [1.29, 1.82) is 0 Å². The monoisotopic (exact) mass is 266 g/mol. The molecule has 1 aromatic rings. The minimum Gasteiger partial charge on any atom is -0.455 e. The van der Waals surface area contributed by atoms with Crippen molar-refractivity contribution in [3.63, 3.8) is 0 Å². The SMILES string of the molecule is O=C(OCc1ccccc1)/C(F)=C(\F)C(F)(F)F. The van der Waals surface area contributed by atoms with Gasteiger partial charge in [-0.05, 0) is 5.56 Å². The Kier molecular flexibility index (Phi) is 4.41. The van der Waals surface area contributed by atoms with Crippen molar-refractivity contribution < 1.29 is 31.5 Å². The molecule has 0 aliphatic rings. The zero-order valence-corrected chi connectivity index (χ0v) is 8.80. The maximum atomic E-state index is 12.7. The predicted octanol–water partition coefficient (Wildman–Crippen LogP) is 3.44. The van der Waals surface area contributed by atoms with E-state index < -0.39 is 30.4 Å². The smallest absolute Gasteiger partial charge is 0.446 e. The third kappa shape index (κ3) is 3.83. The summed E-state index contributed by atoms with van der Waals surface area (Å²) in [7, 11) is 0. The molecule has 0 N–H and O–H groups in total. The van der Waals surface area contributed by atoms with Gasteiger partial charge in [-0.3, -0.25) is 0 Å². The van der Waals surface area contributed by atoms with Gasteiger partial charge < -0.3 is 4.74 Å². The van der Waals surface area contributed by atoms with Gasteiger partial charge in [0.05, 0.1) is 0 Å². The third-order valence-electron chi connectivity index (χ3n) is 1.83. The summed E-state index contributed by atoms with van der Waals surface area (Å²) in [4.78, 5) is 10.8. The molecule has 0 aromatic heterocycles. The number of benzene rings is 1. The molecular weight excluding hydrogens is 259 g/mol. The Labute approximate surface area is 98.7 Å². The number of allylic oxidation sites excluding steroid dienone is 1. The molecule has 0 saturated carbocycles. The van der Waals surface area contributed by atoms with Gasteiger partial charge in [0, 0.05) is 0 Å². The maximum absolute atomic E-state index is 12.7. The normalized spacial score (nSPS) is 12.9. The quantitative estimate of drug-likeness (QED) is 0.476. The number of alkyl halides is 3. The number of hydrogen-bond acceptors (Lipinski definition) is 2. The van der Waals surface area contributed by atoms with E-state index in [-0.39, 0.29) is 0 Å². The molecule has 0 radical (unpaired) electrons. The molecule has 0 spiro atoms. The van der Waals surface area contributed by atoms with Crippen LogP contribution in [0.2, 0.25) is 0 Å². The highest BCUT2D eigenvalue weighted by molar-refractivity contribution is 5.86. The van der Waals surface area contributed by atoms with E-state index in [1.165, 1.54) is 12.1 Å². The van der Waals surface area contributed by atoms with Crippen LogP contribution in [0.15, 0.2) is 42.0 Å². The Morgan fingerprint density at radius 2 is 1.67 bits per heavy atom. The van der Waals surface area contributed by atoms with Crippen LogP contribution in [0.25, 0.3) is 0 Å². The van der Waals surface area contributed by atoms with Gasteiger partial charge in [-0.1, -0.05) is 30.3 Å². The van der Waals surface area contributed by atoms with Crippen LogP contribution in [-0.4, -0.2) is 12.1 Å². The van der Waals surface area contributed by atoms with E-state index >= 15 is 0 Å². The molecule has 1 rings (SSSR count). The molecule has 0 saturated heterocycles. The fraction of sp³-hybridized carbons (Fsp3) is 0.182. The van der Waals surface area contributed by atoms with Crippen molar-refractivity contribution in [2.24, 2.45) is 0 Å². The Hall–Kier alpha value is -1.92. The number of ether oxygens (including phenoxy) is 1. The number of carbonyl (C=O) groups is 1. The first-order valence-corrected chi connectivity index (χ1v) is 4.66. The summed E-state index contributed by atoms with van der Waals surface area (Å²) in [5, 5.41) is 0. The molecule has 0 amide bonds. The lowest BCUT2D eigenvalue weighted by Crippen LogP contribution is -2.15. The van der Waals surface area contributed by atoms with E-state index in [0.29, 0.717) is 5.56 Å². The second-order valence-corrected chi connectivity index (χ2v) is 3.19. The average Bonchev–Trinajstić information content (AvgIpc) is 2.34. The Balaban J connectivity index is 2.67. The first-order valence-electron chi connectivity index (χ1n) is 4.66. The molecule has 98 valence electrons. The highest BCUT2D eigenvalue weighted by atomic mass is 19.4. The van der Waals surface area contributed by atoms with Crippen molar-refractivity contribution in [1.82, 2.24) is 0 Å². The second-order valence-electron chi connectivity index (χ2n) is 3.19. The van der Waals surface area contributed by atoms with Gasteiger partial charge in [0.1, 0.15) is 6.61 Å². The zero-order chi connectivity index (χ0) is 13.8. The highest BCUT2D eigenvalue weighted by Gasteiger charge is 2.40. The molecule has 0 aliphatic heterocycles. The van der Waals surface area contributed by atoms with Gasteiger partial charge in [-0.15, -0.1) is 0 Å². The summed E-state index contributed by atoms with van der Waals surface area (Å²) in [6.07, 6.45) is -5.55. The van der Waals surface area contributed by atoms with E-state index in [2.05, 4.69) is 4.74 Å². The number of carbonyl (C=O) groups excluding carboxylic acids is 1. The lowest BCUT2D eigenvalue weighted by Gasteiger charge is -2.06. The molecule has 2 nitrogen and oxygen atoms in total. The highest BCUT2D eigenvalue weighted by Crippen LogP contribution is 2.30. The first-order chi connectivity index (χ1) is 8.32. The number of esters is 1. The lowest BCUT2D eigenvalue weighted by molar-refractivity contribution is -0.145. The van der Waals surface area contributed by atoms with Crippen LogP contribution >= 0.6 is 0 Å². The van der Waals surface area contributed by atoms with E-state index in [1.807, 2.05) is 0 Å². The zero-order valence-electron chi connectivity index (χ0n) is 8.80. The fourth-order valence-corrected chi connectivity index (χ4v) is 1.00. The standard InChI is InChI=1S/C11H7F5O2/c12-8(9(13)11(14,15)16)10(17)18-6-7-4-2-1-3-5-7/h1-5H,6H2/b9-8+. The average molecular weight is 266 g/mol. The van der Waals surface area contributed by atoms with E-state index in [4.69, 9.17) is 0 Å². The summed E-state index contributed by atoms with van der Waals surface area (Å²) in [6, 6.07) is 7.86. The second kappa shape index (κ2) is 5.61. The summed E-state index contributed by atoms with van der Waals surface area (Å²) in [5.74, 6) is -7.67. The van der Waals surface area contributed by atoms with E-state index in [9.17, 15) is 26.7 Å². The summed E-state index contributed by atoms with van der Waals surface area (Å²) >= 11 is 0. The first kappa shape index (κ1) is 14.1. The van der Waals surface area contributed by atoms with Gasteiger partial charge in [0.25, 0.3) is 0 Å². The van der Waals surface area contributed by atoms with Gasteiger partial charge in [0.2, 0.25) is 11.7 Å². The van der Waals surface area contributed by atoms with Crippen molar-refractivity contribution in [3.8, 4) is 0 Å². The predicted molar refractivity (Wildman–Crippen MR) is 51.5 cm³/mol. The molecule has 7 heteroatoms. The Morgan fingerprint density at radius 1 is 1.11 bits per heavy atom. The van der Waals surface area contributed by atoms with Crippen molar-refractivity contribution in [2.45, 2.75) is 12.8 Å². The molecule has 18 heavy (non-hydrogen) atoms. The summed E-state index contributed by atoms with van der Waals surface area (Å²) in [5.41, 5.74) is 0.436. The van der Waals surface area contributed by atoms with E-state index in [0.717, 1.165) is 0 Å². The molecule has 0 aliphatic carbocycles. The minimum atomic E-state index is -5.55. The van der Waals surface area contributed by atoms with E-state index in [1.54, 1.807) is 18.2 Å². The van der Waals surface area contributed by atoms with Gasteiger partial charge in [-0.2, -0.15) is 22.0 Å². The fourth-order valence-electron chi connectivity index (χ4n) is 1.00. The number of hydrogen-bond donors (Lipinski definition) is 0. The van der Waals surface area contributed by atoms with Crippen LogP contribution < -0.4 is 0 Å². The van der Waals surface area contributed by atoms with Crippen molar-refractivity contribution in [3.05, 3.63) is 47.5 Å². The third-order valence-corrected chi connectivity index (χ3v) is 1.83. The summed E-state index contributed by atoms with van der Waals surface area (Å²) in [6.45, 7) is -0.446. The van der Waals surface area contributed by atoms with Gasteiger partial charge in [-0.25, -0.2) is 4.79 Å². The molecule has 0 unspecified atom stereocenters. The Morgan fingerprint density at radius 3 is 2.17 bits per heavy atom. The van der Waals surface area contributed by atoms with Crippen molar-refractivity contribution in [2.75, 3.05) is 0 Å². The molecule has 0 bridgehead atoms. The maximum Gasteiger partial charge on any atom is 0.446 e. The number of rotatable bonds is 3. The molecule has 0 heterocycles. The lowest BCUT2D eigenvalue weighted by atomic mass is 10.2.